The largest absolute Gasteiger partial charge is 0.375 e. The number of piperidine rings is 1. The highest BCUT2D eigenvalue weighted by molar-refractivity contribution is 7.09. The quantitative estimate of drug-likeness (QED) is 0.555. The number of amides is 2. The van der Waals surface area contributed by atoms with E-state index in [9.17, 15) is 9.59 Å². The molecule has 2 atom stereocenters. The van der Waals surface area contributed by atoms with E-state index >= 15 is 0 Å². The summed E-state index contributed by atoms with van der Waals surface area (Å²) in [6.07, 6.45) is 5.09. The summed E-state index contributed by atoms with van der Waals surface area (Å²) < 4.78 is 5.12. The first-order valence-corrected chi connectivity index (χ1v) is 13.6. The topological polar surface area (TPSA) is 87.9 Å². The average molecular weight is 499 g/mol. The lowest BCUT2D eigenvalue weighted by Crippen LogP contribution is -2.59. The van der Waals surface area contributed by atoms with Crippen LogP contribution in [0.5, 0.6) is 0 Å². The Hall–Kier alpha value is -2.26. The summed E-state index contributed by atoms with van der Waals surface area (Å²) in [6.45, 7) is 2.19. The summed E-state index contributed by atoms with van der Waals surface area (Å²) in [5.41, 5.74) is 7.30. The van der Waals surface area contributed by atoms with Gasteiger partial charge in [0, 0.05) is 49.7 Å². The fourth-order valence-corrected chi connectivity index (χ4v) is 6.06. The maximum Gasteiger partial charge on any atom is 0.249 e. The zero-order valence-corrected chi connectivity index (χ0v) is 21.4. The first kappa shape index (κ1) is 25.8. The number of hydrogen-bond acceptors (Lipinski definition) is 6. The lowest BCUT2D eigenvalue weighted by Gasteiger charge is -2.43. The molecule has 8 heteroatoms. The highest BCUT2D eigenvalue weighted by atomic mass is 32.1. The van der Waals surface area contributed by atoms with Gasteiger partial charge in [-0.3, -0.25) is 14.5 Å². The van der Waals surface area contributed by atoms with Gasteiger partial charge in [0.05, 0.1) is 0 Å². The molecule has 1 aliphatic carbocycles. The molecule has 0 spiro atoms. The molecule has 1 saturated carbocycles. The van der Waals surface area contributed by atoms with Crippen molar-refractivity contribution in [2.24, 2.45) is 5.73 Å². The van der Waals surface area contributed by atoms with Gasteiger partial charge in [-0.25, -0.2) is 0 Å². The third-order valence-electron chi connectivity index (χ3n) is 7.27. The Morgan fingerprint density at radius 2 is 1.86 bits per heavy atom. The number of nitrogens with two attached hydrogens (primary N) is 1. The maximum absolute atomic E-state index is 13.5. The third-order valence-corrected chi connectivity index (χ3v) is 8.13. The van der Waals surface area contributed by atoms with Crippen molar-refractivity contribution in [3.05, 3.63) is 58.3 Å². The van der Waals surface area contributed by atoms with Gasteiger partial charge in [0.1, 0.15) is 12.6 Å². The summed E-state index contributed by atoms with van der Waals surface area (Å²) in [4.78, 5) is 31.9. The number of nitrogens with one attached hydrogen (secondary N) is 1. The van der Waals surface area contributed by atoms with Crippen LogP contribution in [0.2, 0.25) is 0 Å². The number of carbonyl (C=O) groups excluding carboxylic acids is 2. The summed E-state index contributed by atoms with van der Waals surface area (Å²) in [6, 6.07) is 14.8. The van der Waals surface area contributed by atoms with Crippen molar-refractivity contribution >= 4 is 23.2 Å². The lowest BCUT2D eigenvalue weighted by molar-refractivity contribution is -0.147. The van der Waals surface area contributed by atoms with Crippen LogP contribution in [0.4, 0.5) is 0 Å². The Kier molecular flexibility index (Phi) is 9.31. The van der Waals surface area contributed by atoms with Crippen molar-refractivity contribution in [3.63, 3.8) is 0 Å². The molecule has 2 aliphatic rings. The zero-order chi connectivity index (χ0) is 24.6. The Morgan fingerprint density at radius 3 is 2.54 bits per heavy atom. The van der Waals surface area contributed by atoms with Gasteiger partial charge < -0.3 is 20.7 Å². The number of carbonyl (C=O) groups is 2. The number of likely N-dealkylation sites (tertiary alicyclic amines) is 1. The molecule has 3 N–H and O–H groups in total. The van der Waals surface area contributed by atoms with Crippen molar-refractivity contribution in [2.75, 3.05) is 20.3 Å². The molecule has 2 amide bonds. The molecule has 4 rings (SSSR count). The SMILES string of the molecule is COCC(=O)N1CCC(N(Cc2ccccc2)Cc2cccs2)C[C@@H]1C(=O)NC1CCC(N)CC1. The van der Waals surface area contributed by atoms with E-state index in [1.165, 1.54) is 17.6 Å². The number of ether oxygens (including phenoxy) is 1. The number of rotatable bonds is 9. The van der Waals surface area contributed by atoms with Crippen LogP contribution in [0.3, 0.4) is 0 Å². The highest BCUT2D eigenvalue weighted by Crippen LogP contribution is 2.27. The van der Waals surface area contributed by atoms with Crippen LogP contribution in [0.1, 0.15) is 49.0 Å². The molecule has 1 aliphatic heterocycles. The van der Waals surface area contributed by atoms with E-state index in [0.29, 0.717) is 13.0 Å². The summed E-state index contributed by atoms with van der Waals surface area (Å²) in [5, 5.41) is 5.35. The van der Waals surface area contributed by atoms with Gasteiger partial charge in [-0.2, -0.15) is 0 Å². The molecule has 1 unspecified atom stereocenters. The normalized spacial score (nSPS) is 24.9. The smallest absolute Gasteiger partial charge is 0.249 e. The zero-order valence-electron chi connectivity index (χ0n) is 20.6. The summed E-state index contributed by atoms with van der Waals surface area (Å²) in [7, 11) is 1.52. The molecule has 2 heterocycles. The van der Waals surface area contributed by atoms with Crippen LogP contribution in [0.15, 0.2) is 47.8 Å². The molecular weight excluding hydrogens is 460 g/mol. The first-order chi connectivity index (χ1) is 17.0. The molecule has 190 valence electrons. The molecule has 1 aromatic carbocycles. The van der Waals surface area contributed by atoms with Crippen molar-refractivity contribution < 1.29 is 14.3 Å². The minimum atomic E-state index is -0.492. The first-order valence-electron chi connectivity index (χ1n) is 12.7. The molecule has 1 aromatic heterocycles. The molecule has 2 aromatic rings. The molecule has 35 heavy (non-hydrogen) atoms. The van der Waals surface area contributed by atoms with Crippen LogP contribution in [0, 0.1) is 0 Å². The van der Waals surface area contributed by atoms with E-state index in [-0.39, 0.29) is 36.5 Å². The van der Waals surface area contributed by atoms with Gasteiger partial charge in [0.15, 0.2) is 0 Å². The van der Waals surface area contributed by atoms with Crippen molar-refractivity contribution in [2.45, 2.75) is 75.8 Å². The number of methoxy groups -OCH3 is 1. The number of thiophene rings is 1. The molecular formula is C27H38N4O3S. The van der Waals surface area contributed by atoms with Gasteiger partial charge in [-0.15, -0.1) is 11.3 Å². The Bertz CT molecular complexity index is 931. The predicted molar refractivity (Wildman–Crippen MR) is 139 cm³/mol. The fourth-order valence-electron chi connectivity index (χ4n) is 5.33. The van der Waals surface area contributed by atoms with Gasteiger partial charge in [-0.05, 0) is 55.5 Å². The standard InChI is InChI=1S/C27H38N4O3S/c1-34-19-26(32)31-14-13-23(16-25(31)27(33)29-22-11-9-21(28)10-12-22)30(18-24-8-5-15-35-24)17-20-6-3-2-4-7-20/h2-8,15,21-23,25H,9-14,16-19,28H2,1H3,(H,29,33)/t21?,22?,23?,25-/m1/s1. The van der Waals surface area contributed by atoms with Crippen LogP contribution in [-0.2, 0) is 27.4 Å². The molecule has 1 saturated heterocycles. The number of hydrogen-bond donors (Lipinski definition) is 2. The minimum Gasteiger partial charge on any atom is -0.375 e. The maximum atomic E-state index is 13.5. The number of nitrogens with zero attached hydrogens (tertiary/aromatic N) is 2. The van der Waals surface area contributed by atoms with Crippen molar-refractivity contribution in [3.8, 4) is 0 Å². The van der Waals surface area contributed by atoms with Crippen LogP contribution < -0.4 is 11.1 Å². The van der Waals surface area contributed by atoms with Crippen LogP contribution >= 0.6 is 11.3 Å². The van der Waals surface area contributed by atoms with Gasteiger partial charge in [0.25, 0.3) is 0 Å². The van der Waals surface area contributed by atoms with Gasteiger partial charge in [-0.1, -0.05) is 36.4 Å². The molecule has 7 nitrogen and oxygen atoms in total. The van der Waals surface area contributed by atoms with E-state index in [1.54, 1.807) is 16.2 Å². The van der Waals surface area contributed by atoms with Crippen LogP contribution in [-0.4, -0.2) is 66.0 Å². The average Bonchev–Trinajstić information content (AvgIpc) is 3.39. The molecule has 2 fully saturated rings. The van der Waals surface area contributed by atoms with Crippen molar-refractivity contribution in [1.82, 2.24) is 15.1 Å². The number of benzene rings is 1. The third kappa shape index (κ3) is 7.13. The van der Waals surface area contributed by atoms with Crippen molar-refractivity contribution in [1.29, 1.82) is 0 Å². The summed E-state index contributed by atoms with van der Waals surface area (Å²) >= 11 is 1.76. The second-order valence-electron chi connectivity index (χ2n) is 9.80. The van der Waals surface area contributed by atoms with E-state index in [0.717, 1.165) is 45.2 Å². The molecule has 0 radical (unpaired) electrons. The molecule has 0 bridgehead atoms. The van der Waals surface area contributed by atoms with E-state index in [2.05, 4.69) is 52.0 Å². The monoisotopic (exact) mass is 498 g/mol. The van der Waals surface area contributed by atoms with Gasteiger partial charge in [0.2, 0.25) is 11.8 Å². The van der Waals surface area contributed by atoms with Gasteiger partial charge >= 0.3 is 0 Å². The fraction of sp³-hybridized carbons (Fsp3) is 0.556. The second kappa shape index (κ2) is 12.6. The lowest BCUT2D eigenvalue weighted by atomic mass is 9.90. The highest BCUT2D eigenvalue weighted by Gasteiger charge is 2.39. The minimum absolute atomic E-state index is 0.00431. The Balaban J connectivity index is 1.51. The predicted octanol–water partition coefficient (Wildman–Crippen LogP) is 3.14. The summed E-state index contributed by atoms with van der Waals surface area (Å²) in [5.74, 6) is -0.167. The Labute approximate surface area is 212 Å². The van der Waals surface area contributed by atoms with Crippen LogP contribution in [0.25, 0.3) is 0 Å². The van der Waals surface area contributed by atoms with E-state index in [1.807, 2.05) is 6.07 Å². The van der Waals surface area contributed by atoms with E-state index < -0.39 is 6.04 Å². The van der Waals surface area contributed by atoms with E-state index in [4.69, 9.17) is 10.5 Å². The Morgan fingerprint density at radius 1 is 1.09 bits per heavy atom. The second-order valence-corrected chi connectivity index (χ2v) is 10.8.